The lowest BCUT2D eigenvalue weighted by Gasteiger charge is -2.41. The monoisotopic (exact) mass is 596 g/mol. The van der Waals surface area contributed by atoms with E-state index in [1.807, 2.05) is 6.07 Å². The molecule has 3 N–H and O–H groups in total. The smallest absolute Gasteiger partial charge is 0.416 e. The molecule has 8 nitrogen and oxygen atoms in total. The lowest BCUT2D eigenvalue weighted by molar-refractivity contribution is -0.137. The molecule has 1 aliphatic carbocycles. The van der Waals surface area contributed by atoms with Crippen LogP contribution in [0.5, 0.6) is 11.5 Å². The highest BCUT2D eigenvalue weighted by Gasteiger charge is 2.50. The number of hydrogen-bond donors (Lipinski definition) is 3. The Morgan fingerprint density at radius 1 is 1.05 bits per heavy atom. The molecule has 11 heteroatoms. The predicted molar refractivity (Wildman–Crippen MR) is 151 cm³/mol. The highest BCUT2D eigenvalue weighted by atomic mass is 19.4. The fourth-order valence-corrected chi connectivity index (χ4v) is 5.62. The summed E-state index contributed by atoms with van der Waals surface area (Å²) in [5.41, 5.74) is 0.871. The van der Waals surface area contributed by atoms with E-state index in [0.717, 1.165) is 29.8 Å². The Morgan fingerprint density at radius 3 is 2.49 bits per heavy atom. The summed E-state index contributed by atoms with van der Waals surface area (Å²) >= 11 is 0. The third-order valence-corrected chi connectivity index (χ3v) is 7.73. The number of amides is 2. The molecule has 0 radical (unpaired) electrons. The van der Waals surface area contributed by atoms with E-state index in [9.17, 15) is 33.0 Å². The van der Waals surface area contributed by atoms with Crippen LogP contribution in [-0.2, 0) is 17.4 Å². The maximum Gasteiger partial charge on any atom is 0.416 e. The van der Waals surface area contributed by atoms with E-state index in [0.29, 0.717) is 23.5 Å². The number of aliphatic hydroxyl groups is 2. The maximum atomic E-state index is 14.0. The van der Waals surface area contributed by atoms with Crippen LogP contribution in [0.1, 0.15) is 33.0 Å². The molecule has 0 unspecified atom stereocenters. The minimum absolute atomic E-state index is 0.00662. The van der Waals surface area contributed by atoms with Crippen LogP contribution in [0.25, 0.3) is 0 Å². The van der Waals surface area contributed by atoms with Gasteiger partial charge in [-0.2, -0.15) is 13.2 Å². The minimum Gasteiger partial charge on any atom is -0.497 e. The number of fused-ring (bicyclic) bond motifs is 3. The van der Waals surface area contributed by atoms with Gasteiger partial charge in [0, 0.05) is 29.8 Å². The van der Waals surface area contributed by atoms with E-state index in [-0.39, 0.29) is 30.8 Å². The molecule has 0 spiro atoms. The Hall–Kier alpha value is -4.35. The van der Waals surface area contributed by atoms with Crippen molar-refractivity contribution in [3.63, 3.8) is 0 Å². The molecule has 2 aliphatic rings. The normalized spacial score (nSPS) is 20.7. The number of aliphatic hydroxyl groups excluding tert-OH is 2. The minimum atomic E-state index is -4.57. The van der Waals surface area contributed by atoms with Gasteiger partial charge in [-0.05, 0) is 60.5 Å². The number of rotatable bonds is 9. The van der Waals surface area contributed by atoms with Crippen molar-refractivity contribution in [1.82, 2.24) is 10.2 Å². The molecule has 5 rings (SSSR count). The van der Waals surface area contributed by atoms with Gasteiger partial charge < -0.3 is 29.9 Å². The van der Waals surface area contributed by atoms with Gasteiger partial charge in [0.15, 0.2) is 0 Å². The van der Waals surface area contributed by atoms with Crippen LogP contribution < -0.4 is 14.8 Å². The van der Waals surface area contributed by atoms with Crippen molar-refractivity contribution in [2.75, 3.05) is 26.8 Å². The third kappa shape index (κ3) is 6.23. The van der Waals surface area contributed by atoms with Crippen molar-refractivity contribution in [2.24, 2.45) is 0 Å². The van der Waals surface area contributed by atoms with Gasteiger partial charge in [0.05, 0.1) is 31.2 Å². The first-order valence-corrected chi connectivity index (χ1v) is 13.8. The van der Waals surface area contributed by atoms with E-state index >= 15 is 0 Å². The van der Waals surface area contributed by atoms with Gasteiger partial charge in [-0.25, -0.2) is 0 Å². The molecule has 0 saturated heterocycles. The van der Waals surface area contributed by atoms with Crippen LogP contribution in [0.3, 0.4) is 0 Å². The summed E-state index contributed by atoms with van der Waals surface area (Å²) in [6.07, 6.45) is -4.92. The average molecular weight is 597 g/mol. The molecule has 0 saturated carbocycles. The molecule has 226 valence electrons. The second-order valence-corrected chi connectivity index (χ2v) is 10.4. The molecule has 0 bridgehead atoms. The first kappa shape index (κ1) is 30.1. The Labute approximate surface area is 246 Å². The van der Waals surface area contributed by atoms with Gasteiger partial charge in [-0.1, -0.05) is 30.3 Å². The summed E-state index contributed by atoms with van der Waals surface area (Å²) in [5.74, 6) is -0.645. The van der Waals surface area contributed by atoms with E-state index < -0.39 is 47.7 Å². The molecular weight excluding hydrogens is 565 g/mol. The molecule has 0 fully saturated rings. The number of hydrogen-bond acceptors (Lipinski definition) is 6. The SMILES string of the molecule is COc1cccc(CCN(C(=O)c2ccc(C(F)(F)F)cc2)[C@@H]2C=C(C(=O)NCCO)[C@@H]3c4ccccc4O[C@@H]3[C@H]2O)c1. The molecule has 3 aromatic carbocycles. The average Bonchev–Trinajstić information content (AvgIpc) is 3.40. The number of nitrogens with zero attached hydrogens (tertiary/aromatic N) is 1. The molecule has 1 aliphatic heterocycles. The number of benzene rings is 3. The van der Waals surface area contributed by atoms with Gasteiger partial charge in [0.2, 0.25) is 5.91 Å². The summed E-state index contributed by atoms with van der Waals surface area (Å²) in [6, 6.07) is 17.1. The van der Waals surface area contributed by atoms with Gasteiger partial charge in [0.1, 0.15) is 23.7 Å². The quantitative estimate of drug-likeness (QED) is 0.348. The van der Waals surface area contributed by atoms with E-state index in [4.69, 9.17) is 9.47 Å². The van der Waals surface area contributed by atoms with E-state index in [1.165, 1.54) is 18.1 Å². The number of halogens is 3. The van der Waals surface area contributed by atoms with Gasteiger partial charge in [-0.3, -0.25) is 9.59 Å². The van der Waals surface area contributed by atoms with Crippen LogP contribution in [0.2, 0.25) is 0 Å². The zero-order valence-corrected chi connectivity index (χ0v) is 23.3. The van der Waals surface area contributed by atoms with Crippen molar-refractivity contribution < 1.29 is 42.4 Å². The van der Waals surface area contributed by atoms with Crippen LogP contribution >= 0.6 is 0 Å². The molecule has 0 aromatic heterocycles. The largest absolute Gasteiger partial charge is 0.497 e. The predicted octanol–water partition coefficient (Wildman–Crippen LogP) is 3.72. The number of nitrogens with one attached hydrogen (secondary N) is 1. The molecule has 2 amide bonds. The molecule has 1 heterocycles. The number of methoxy groups -OCH3 is 1. The Morgan fingerprint density at radius 2 is 1.79 bits per heavy atom. The highest BCUT2D eigenvalue weighted by Crippen LogP contribution is 2.47. The standard InChI is InChI=1S/C32H31F3N2O6/c1-42-22-6-4-5-19(17-22)13-15-37(31(41)20-9-11-21(12-10-20)32(33,34)35)25-18-24(30(40)36-14-16-38)27-23-7-2-3-8-26(23)43-29(27)28(25)39/h2-12,17-18,25,27-29,38-39H,13-16H2,1H3,(H,36,40)/t25-,27+,28+,29+/m1/s1. The Kier molecular flexibility index (Phi) is 8.74. The second kappa shape index (κ2) is 12.5. The number of ether oxygens (including phenoxy) is 2. The summed E-state index contributed by atoms with van der Waals surface area (Å²) < 4.78 is 51.1. The summed E-state index contributed by atoms with van der Waals surface area (Å²) in [4.78, 5) is 28.7. The van der Waals surface area contributed by atoms with Crippen molar-refractivity contribution in [3.05, 3.63) is 107 Å². The lowest BCUT2D eigenvalue weighted by atomic mass is 9.77. The van der Waals surface area contributed by atoms with Crippen LogP contribution in [0.15, 0.2) is 84.4 Å². The number of carbonyl (C=O) groups is 2. The first-order chi connectivity index (χ1) is 20.6. The highest BCUT2D eigenvalue weighted by molar-refractivity contribution is 5.97. The topological polar surface area (TPSA) is 108 Å². The fraction of sp³-hybridized carbons (Fsp3) is 0.312. The van der Waals surface area contributed by atoms with Crippen LogP contribution in [0, 0.1) is 0 Å². The van der Waals surface area contributed by atoms with Crippen LogP contribution in [0.4, 0.5) is 13.2 Å². The number of para-hydroxylation sites is 1. The third-order valence-electron chi connectivity index (χ3n) is 7.73. The number of alkyl halides is 3. The lowest BCUT2D eigenvalue weighted by Crippen LogP contribution is -2.56. The summed E-state index contributed by atoms with van der Waals surface area (Å²) in [6.45, 7) is -0.236. The molecule has 4 atom stereocenters. The zero-order valence-electron chi connectivity index (χ0n) is 23.3. The summed E-state index contributed by atoms with van der Waals surface area (Å²) in [5, 5.41) is 23.6. The Bertz CT molecular complexity index is 1510. The molecule has 43 heavy (non-hydrogen) atoms. The van der Waals surface area contributed by atoms with Gasteiger partial charge in [0.25, 0.3) is 5.91 Å². The van der Waals surface area contributed by atoms with Crippen LogP contribution in [-0.4, -0.2) is 72.0 Å². The first-order valence-electron chi connectivity index (χ1n) is 13.8. The second-order valence-electron chi connectivity index (χ2n) is 10.4. The van der Waals surface area contributed by atoms with E-state index in [1.54, 1.807) is 42.5 Å². The molecular formula is C32H31F3N2O6. The molecule has 3 aromatic rings. The Balaban J connectivity index is 1.55. The van der Waals surface area contributed by atoms with Crippen molar-refractivity contribution >= 4 is 11.8 Å². The van der Waals surface area contributed by atoms with Gasteiger partial charge >= 0.3 is 6.18 Å². The fourth-order valence-electron chi connectivity index (χ4n) is 5.62. The van der Waals surface area contributed by atoms with Crippen molar-refractivity contribution in [2.45, 2.75) is 36.8 Å². The van der Waals surface area contributed by atoms with Crippen molar-refractivity contribution in [3.8, 4) is 11.5 Å². The number of carbonyl (C=O) groups excluding carboxylic acids is 2. The van der Waals surface area contributed by atoms with E-state index in [2.05, 4.69) is 5.32 Å². The van der Waals surface area contributed by atoms with Crippen molar-refractivity contribution in [1.29, 1.82) is 0 Å². The maximum absolute atomic E-state index is 14.0. The van der Waals surface area contributed by atoms with Gasteiger partial charge in [-0.15, -0.1) is 0 Å². The zero-order chi connectivity index (χ0) is 30.7. The summed E-state index contributed by atoms with van der Waals surface area (Å²) in [7, 11) is 1.53.